The number of para-hydroxylation sites is 1. The molecule has 1 saturated carbocycles. The lowest BCUT2D eigenvalue weighted by atomic mass is 9.89. The summed E-state index contributed by atoms with van der Waals surface area (Å²) in [5.41, 5.74) is 0.434. The lowest BCUT2D eigenvalue weighted by Crippen LogP contribution is -2.40. The molecule has 1 aliphatic carbocycles. The molecule has 7 heteroatoms. The topological polar surface area (TPSA) is 66.5 Å². The Morgan fingerprint density at radius 3 is 2.52 bits per heavy atom. The summed E-state index contributed by atoms with van der Waals surface area (Å²) < 4.78 is 25.3. The predicted molar refractivity (Wildman–Crippen MR) is 93.2 cm³/mol. The van der Waals surface area contributed by atoms with Gasteiger partial charge in [-0.25, -0.2) is 8.42 Å². The van der Waals surface area contributed by atoms with E-state index in [-0.39, 0.29) is 24.9 Å². The Morgan fingerprint density at radius 2 is 1.91 bits per heavy atom. The molecule has 1 aliphatic rings. The van der Waals surface area contributed by atoms with Gasteiger partial charge in [0.1, 0.15) is 0 Å². The lowest BCUT2D eigenvalue weighted by Gasteiger charge is -2.25. The molecular weight excluding hydrogens is 336 g/mol. The third-order valence-electron chi connectivity index (χ3n) is 4.11. The van der Waals surface area contributed by atoms with E-state index in [9.17, 15) is 13.2 Å². The summed E-state index contributed by atoms with van der Waals surface area (Å²) in [6, 6.07) is 6.79. The Morgan fingerprint density at radius 1 is 1.26 bits per heavy atom. The minimum atomic E-state index is -3.47. The second kappa shape index (κ2) is 8.02. The van der Waals surface area contributed by atoms with Gasteiger partial charge in [0.25, 0.3) is 0 Å². The number of anilines is 1. The summed E-state index contributed by atoms with van der Waals surface area (Å²) in [5.74, 6) is 0.0908. The van der Waals surface area contributed by atoms with Gasteiger partial charge in [0.15, 0.2) is 0 Å². The molecule has 0 radical (unpaired) electrons. The van der Waals surface area contributed by atoms with Crippen LogP contribution in [-0.4, -0.2) is 33.7 Å². The van der Waals surface area contributed by atoms with Gasteiger partial charge in [0, 0.05) is 12.5 Å². The molecule has 5 nitrogen and oxygen atoms in total. The van der Waals surface area contributed by atoms with E-state index in [0.717, 1.165) is 31.9 Å². The zero-order chi connectivity index (χ0) is 16.9. The first kappa shape index (κ1) is 18.1. The van der Waals surface area contributed by atoms with E-state index in [1.807, 2.05) is 0 Å². The number of rotatable bonds is 6. The number of sulfonamides is 1. The van der Waals surface area contributed by atoms with E-state index in [1.54, 1.807) is 24.3 Å². The average Bonchev–Trinajstić information content (AvgIpc) is 2.52. The minimum absolute atomic E-state index is 0.0253. The van der Waals surface area contributed by atoms with E-state index >= 15 is 0 Å². The van der Waals surface area contributed by atoms with Gasteiger partial charge >= 0.3 is 0 Å². The molecule has 0 unspecified atom stereocenters. The van der Waals surface area contributed by atoms with Crippen molar-refractivity contribution in [1.82, 2.24) is 5.32 Å². The first-order valence-corrected chi connectivity index (χ1v) is 10.1. The number of carbonyl (C=O) groups excluding carboxylic acids is 1. The minimum Gasteiger partial charge on any atom is -0.354 e. The molecule has 1 N–H and O–H groups in total. The third kappa shape index (κ3) is 5.11. The Hall–Kier alpha value is -1.27. The molecule has 1 aromatic carbocycles. The monoisotopic (exact) mass is 358 g/mol. The second-order valence-corrected chi connectivity index (χ2v) is 8.23. The number of hydrogen-bond acceptors (Lipinski definition) is 3. The Kier molecular flexibility index (Phi) is 6.30. The van der Waals surface area contributed by atoms with Crippen LogP contribution in [0.25, 0.3) is 0 Å². The number of carbonyl (C=O) groups is 1. The summed E-state index contributed by atoms with van der Waals surface area (Å²) in [5, 5.41) is 3.23. The van der Waals surface area contributed by atoms with Crippen LogP contribution in [0, 0.1) is 5.92 Å². The summed E-state index contributed by atoms with van der Waals surface area (Å²) in [4.78, 5) is 12.1. The predicted octanol–water partition coefficient (Wildman–Crippen LogP) is 2.80. The maximum Gasteiger partial charge on any atom is 0.232 e. The fourth-order valence-corrected chi connectivity index (χ4v) is 4.14. The molecule has 23 heavy (non-hydrogen) atoms. The highest BCUT2D eigenvalue weighted by molar-refractivity contribution is 7.92. The third-order valence-corrected chi connectivity index (χ3v) is 5.61. The number of nitrogens with one attached hydrogen (secondary N) is 1. The van der Waals surface area contributed by atoms with Crippen molar-refractivity contribution in [2.45, 2.75) is 32.1 Å². The highest BCUT2D eigenvalue weighted by Crippen LogP contribution is 2.27. The fourth-order valence-electron chi connectivity index (χ4n) is 2.91. The highest BCUT2D eigenvalue weighted by atomic mass is 35.5. The maximum absolute atomic E-state index is 12.1. The summed E-state index contributed by atoms with van der Waals surface area (Å²) in [7, 11) is -3.47. The van der Waals surface area contributed by atoms with Crippen LogP contribution in [0.4, 0.5) is 5.69 Å². The first-order chi connectivity index (χ1) is 10.9. The Bertz CT molecular complexity index is 642. The van der Waals surface area contributed by atoms with Gasteiger partial charge in [0.05, 0.1) is 23.5 Å². The van der Waals surface area contributed by atoms with Crippen LogP contribution in [0.1, 0.15) is 32.1 Å². The van der Waals surface area contributed by atoms with E-state index in [1.165, 1.54) is 10.7 Å². The van der Waals surface area contributed by atoms with Gasteiger partial charge in [0.2, 0.25) is 15.9 Å². The number of hydrogen-bond donors (Lipinski definition) is 1. The first-order valence-electron chi connectivity index (χ1n) is 7.89. The molecule has 0 saturated heterocycles. The normalized spacial score (nSPS) is 16.1. The lowest BCUT2D eigenvalue weighted by molar-refractivity contribution is -0.125. The Balaban J connectivity index is 1.97. The van der Waals surface area contributed by atoms with Gasteiger partial charge in [-0.05, 0) is 25.0 Å². The smallest absolute Gasteiger partial charge is 0.232 e. The standard InChI is InChI=1S/C16H23ClN2O3S/c1-23(21,22)19(15-10-6-5-9-14(15)17)12-11-18-16(20)13-7-3-2-4-8-13/h5-6,9-10,13H,2-4,7-8,11-12H2,1H3,(H,18,20). The number of benzene rings is 1. The van der Waals surface area contributed by atoms with Crippen molar-refractivity contribution in [3.8, 4) is 0 Å². The molecular formula is C16H23ClN2O3S. The zero-order valence-electron chi connectivity index (χ0n) is 13.3. The van der Waals surface area contributed by atoms with Gasteiger partial charge in [-0.2, -0.15) is 0 Å². The van der Waals surface area contributed by atoms with E-state index in [4.69, 9.17) is 11.6 Å². The molecule has 0 atom stereocenters. The molecule has 0 bridgehead atoms. The second-order valence-electron chi connectivity index (χ2n) is 5.91. The quantitative estimate of drug-likeness (QED) is 0.850. The maximum atomic E-state index is 12.1. The van der Waals surface area contributed by atoms with E-state index in [0.29, 0.717) is 10.7 Å². The van der Waals surface area contributed by atoms with E-state index in [2.05, 4.69) is 5.32 Å². The van der Waals surface area contributed by atoms with Gasteiger partial charge in [-0.3, -0.25) is 9.10 Å². The van der Waals surface area contributed by atoms with Crippen LogP contribution in [-0.2, 0) is 14.8 Å². The van der Waals surface area contributed by atoms with Gasteiger partial charge in [-0.1, -0.05) is 43.0 Å². The van der Waals surface area contributed by atoms with Crippen molar-refractivity contribution in [3.05, 3.63) is 29.3 Å². The molecule has 0 spiro atoms. The van der Waals surface area contributed by atoms with Crippen molar-refractivity contribution in [2.24, 2.45) is 5.92 Å². The van der Waals surface area contributed by atoms with Crippen molar-refractivity contribution in [1.29, 1.82) is 0 Å². The van der Waals surface area contributed by atoms with Crippen LogP contribution >= 0.6 is 11.6 Å². The molecule has 1 aromatic rings. The fraction of sp³-hybridized carbons (Fsp3) is 0.562. The van der Waals surface area contributed by atoms with Crippen LogP contribution < -0.4 is 9.62 Å². The van der Waals surface area contributed by atoms with Gasteiger partial charge in [-0.15, -0.1) is 0 Å². The van der Waals surface area contributed by atoms with Gasteiger partial charge < -0.3 is 5.32 Å². The van der Waals surface area contributed by atoms with Crippen LogP contribution in [0.3, 0.4) is 0 Å². The molecule has 128 valence electrons. The van der Waals surface area contributed by atoms with Crippen LogP contribution in [0.15, 0.2) is 24.3 Å². The largest absolute Gasteiger partial charge is 0.354 e. The van der Waals surface area contributed by atoms with Crippen molar-refractivity contribution in [3.63, 3.8) is 0 Å². The molecule has 1 fully saturated rings. The number of nitrogens with zero attached hydrogens (tertiary/aromatic N) is 1. The molecule has 0 aromatic heterocycles. The van der Waals surface area contributed by atoms with Crippen LogP contribution in [0.2, 0.25) is 5.02 Å². The Labute approximate surface area is 143 Å². The number of halogens is 1. The average molecular weight is 359 g/mol. The molecule has 0 heterocycles. The molecule has 2 rings (SSSR count). The molecule has 1 amide bonds. The summed E-state index contributed by atoms with van der Waals surface area (Å²) >= 11 is 6.09. The van der Waals surface area contributed by atoms with E-state index < -0.39 is 10.0 Å². The summed E-state index contributed by atoms with van der Waals surface area (Å²) in [6.07, 6.45) is 6.36. The molecule has 0 aliphatic heterocycles. The van der Waals surface area contributed by atoms with Crippen molar-refractivity contribution >= 4 is 33.2 Å². The number of amides is 1. The SMILES string of the molecule is CS(=O)(=O)N(CCNC(=O)C1CCCCC1)c1ccccc1Cl. The summed E-state index contributed by atoms with van der Waals surface area (Å²) in [6.45, 7) is 0.439. The van der Waals surface area contributed by atoms with Crippen LogP contribution in [0.5, 0.6) is 0 Å². The van der Waals surface area contributed by atoms with Crippen molar-refractivity contribution < 1.29 is 13.2 Å². The van der Waals surface area contributed by atoms with Crippen molar-refractivity contribution in [2.75, 3.05) is 23.7 Å². The zero-order valence-corrected chi connectivity index (χ0v) is 14.9. The highest BCUT2D eigenvalue weighted by Gasteiger charge is 2.22.